The third-order valence-corrected chi connectivity index (χ3v) is 5.30. The maximum atomic E-state index is 12.9. The SMILES string of the molecule is CCCn1c(=O)[nH]c(=O)c2c(C(=O)NNC(=O)c3ccc(Cl)cc3)cc(C3CC3)nc21. The Morgan fingerprint density at radius 2 is 1.84 bits per heavy atom. The average molecular weight is 442 g/mol. The summed E-state index contributed by atoms with van der Waals surface area (Å²) in [5, 5.41) is 0.490. The number of hydrazine groups is 1. The summed E-state index contributed by atoms with van der Waals surface area (Å²) < 4.78 is 1.37. The van der Waals surface area contributed by atoms with E-state index >= 15 is 0 Å². The number of hydrogen-bond acceptors (Lipinski definition) is 5. The number of hydrogen-bond donors (Lipinski definition) is 3. The van der Waals surface area contributed by atoms with Crippen molar-refractivity contribution in [2.45, 2.75) is 38.6 Å². The molecule has 0 atom stereocenters. The van der Waals surface area contributed by atoms with E-state index in [1.165, 1.54) is 16.7 Å². The molecule has 10 heteroatoms. The van der Waals surface area contributed by atoms with Gasteiger partial charge in [0.1, 0.15) is 0 Å². The Bertz CT molecular complexity index is 1290. The lowest BCUT2D eigenvalue weighted by Gasteiger charge is -2.13. The Labute approximate surface area is 181 Å². The summed E-state index contributed by atoms with van der Waals surface area (Å²) in [7, 11) is 0. The number of nitrogens with zero attached hydrogens (tertiary/aromatic N) is 2. The van der Waals surface area contributed by atoms with E-state index < -0.39 is 23.1 Å². The third-order valence-electron chi connectivity index (χ3n) is 5.05. The van der Waals surface area contributed by atoms with Crippen LogP contribution in [0.3, 0.4) is 0 Å². The minimum Gasteiger partial charge on any atom is -0.278 e. The molecule has 31 heavy (non-hydrogen) atoms. The highest BCUT2D eigenvalue weighted by atomic mass is 35.5. The van der Waals surface area contributed by atoms with Gasteiger partial charge in [0.15, 0.2) is 5.65 Å². The molecule has 0 unspecified atom stereocenters. The van der Waals surface area contributed by atoms with Crippen LogP contribution in [-0.4, -0.2) is 26.3 Å². The Morgan fingerprint density at radius 1 is 1.16 bits per heavy atom. The molecule has 3 N–H and O–H groups in total. The smallest absolute Gasteiger partial charge is 0.278 e. The number of benzene rings is 1. The first-order valence-electron chi connectivity index (χ1n) is 9.93. The maximum Gasteiger partial charge on any atom is 0.329 e. The lowest BCUT2D eigenvalue weighted by atomic mass is 10.1. The third kappa shape index (κ3) is 4.22. The second kappa shape index (κ2) is 8.35. The highest BCUT2D eigenvalue weighted by Gasteiger charge is 2.28. The summed E-state index contributed by atoms with van der Waals surface area (Å²) in [4.78, 5) is 56.9. The van der Waals surface area contributed by atoms with Crippen molar-refractivity contribution >= 4 is 34.4 Å². The molecule has 0 spiro atoms. The van der Waals surface area contributed by atoms with Crippen molar-refractivity contribution < 1.29 is 9.59 Å². The maximum absolute atomic E-state index is 12.9. The van der Waals surface area contributed by atoms with Gasteiger partial charge in [-0.1, -0.05) is 18.5 Å². The molecule has 2 aromatic heterocycles. The number of aromatic nitrogens is 3. The average Bonchev–Trinajstić information content (AvgIpc) is 3.59. The number of fused-ring (bicyclic) bond motifs is 1. The summed E-state index contributed by atoms with van der Waals surface area (Å²) >= 11 is 5.82. The number of pyridine rings is 1. The Balaban J connectivity index is 1.71. The van der Waals surface area contributed by atoms with Crippen molar-refractivity contribution in [1.82, 2.24) is 25.4 Å². The molecule has 1 fully saturated rings. The molecule has 1 aliphatic carbocycles. The minimum absolute atomic E-state index is 0.00990. The molecule has 1 aliphatic rings. The first-order chi connectivity index (χ1) is 14.9. The van der Waals surface area contributed by atoms with Gasteiger partial charge in [0.25, 0.3) is 17.4 Å². The van der Waals surface area contributed by atoms with Crippen LogP contribution in [0.4, 0.5) is 0 Å². The molecular formula is C21H20ClN5O4. The van der Waals surface area contributed by atoms with Crippen molar-refractivity contribution in [2.24, 2.45) is 0 Å². The van der Waals surface area contributed by atoms with Gasteiger partial charge in [0, 0.05) is 28.7 Å². The zero-order chi connectivity index (χ0) is 22.1. The monoisotopic (exact) mass is 441 g/mol. The molecule has 9 nitrogen and oxygen atoms in total. The number of aryl methyl sites for hydroxylation is 1. The molecule has 3 aromatic rings. The first kappa shape index (κ1) is 20.8. The van der Waals surface area contributed by atoms with Gasteiger partial charge in [-0.15, -0.1) is 0 Å². The molecule has 2 amide bonds. The van der Waals surface area contributed by atoms with E-state index in [4.69, 9.17) is 11.6 Å². The predicted molar refractivity (Wildman–Crippen MR) is 115 cm³/mol. The largest absolute Gasteiger partial charge is 0.329 e. The highest BCUT2D eigenvalue weighted by molar-refractivity contribution is 6.30. The molecule has 1 aromatic carbocycles. The van der Waals surface area contributed by atoms with E-state index in [2.05, 4.69) is 20.8 Å². The number of aromatic amines is 1. The molecule has 0 bridgehead atoms. The highest BCUT2D eigenvalue weighted by Crippen LogP contribution is 2.39. The summed E-state index contributed by atoms with van der Waals surface area (Å²) in [6, 6.07) is 7.71. The van der Waals surface area contributed by atoms with Crippen LogP contribution in [-0.2, 0) is 6.54 Å². The second-order valence-corrected chi connectivity index (χ2v) is 7.83. The Kier molecular flexibility index (Phi) is 5.60. The van der Waals surface area contributed by atoms with E-state index in [0.29, 0.717) is 29.2 Å². The fourth-order valence-corrected chi connectivity index (χ4v) is 3.47. The minimum atomic E-state index is -0.698. The van der Waals surface area contributed by atoms with Gasteiger partial charge >= 0.3 is 5.69 Å². The molecule has 4 rings (SSSR count). The fraction of sp³-hybridized carbons (Fsp3) is 0.286. The van der Waals surface area contributed by atoms with Gasteiger partial charge in [-0.25, -0.2) is 9.78 Å². The number of amides is 2. The van der Waals surface area contributed by atoms with Crippen LogP contribution in [0.1, 0.15) is 58.5 Å². The van der Waals surface area contributed by atoms with Crippen molar-refractivity contribution in [3.63, 3.8) is 0 Å². The zero-order valence-corrected chi connectivity index (χ0v) is 17.5. The molecular weight excluding hydrogens is 422 g/mol. The van der Waals surface area contributed by atoms with Crippen LogP contribution in [0.5, 0.6) is 0 Å². The van der Waals surface area contributed by atoms with Gasteiger partial charge in [0.2, 0.25) is 0 Å². The lowest BCUT2D eigenvalue weighted by molar-refractivity contribution is 0.0847. The molecule has 0 radical (unpaired) electrons. The number of nitrogens with one attached hydrogen (secondary N) is 3. The number of rotatable bonds is 5. The normalized spacial score (nSPS) is 13.2. The molecule has 0 saturated heterocycles. The second-order valence-electron chi connectivity index (χ2n) is 7.39. The van der Waals surface area contributed by atoms with Crippen LogP contribution < -0.4 is 22.1 Å². The van der Waals surface area contributed by atoms with Gasteiger partial charge in [-0.2, -0.15) is 0 Å². The van der Waals surface area contributed by atoms with Crippen molar-refractivity contribution in [2.75, 3.05) is 0 Å². The van der Waals surface area contributed by atoms with Crippen molar-refractivity contribution in [3.8, 4) is 0 Å². The summed E-state index contributed by atoms with van der Waals surface area (Å²) in [6.07, 6.45) is 2.50. The fourth-order valence-electron chi connectivity index (χ4n) is 3.35. The number of carbonyl (C=O) groups is 2. The van der Waals surface area contributed by atoms with E-state index in [1.807, 2.05) is 6.92 Å². The molecule has 1 saturated carbocycles. The van der Waals surface area contributed by atoms with Gasteiger partial charge < -0.3 is 0 Å². The van der Waals surface area contributed by atoms with E-state index in [1.54, 1.807) is 18.2 Å². The van der Waals surface area contributed by atoms with Crippen LogP contribution in [0.25, 0.3) is 11.0 Å². The first-order valence-corrected chi connectivity index (χ1v) is 10.3. The quantitative estimate of drug-likeness (QED) is 0.523. The lowest BCUT2D eigenvalue weighted by Crippen LogP contribution is -2.42. The van der Waals surface area contributed by atoms with Crippen LogP contribution in [0.2, 0.25) is 5.02 Å². The molecule has 160 valence electrons. The topological polar surface area (TPSA) is 126 Å². The van der Waals surface area contributed by atoms with E-state index in [0.717, 1.165) is 12.8 Å². The number of carbonyl (C=O) groups excluding carboxylic acids is 2. The van der Waals surface area contributed by atoms with E-state index in [-0.39, 0.29) is 22.5 Å². The standard InChI is InChI=1S/C21H20ClN5O4/c1-2-9-27-17-16(20(30)24-21(27)31)14(10-15(23-17)11-3-4-11)19(29)26-25-18(28)12-5-7-13(22)8-6-12/h5-8,10-11H,2-4,9H2,1H3,(H,25,28)(H,26,29)(H,24,30,31). The molecule has 2 heterocycles. The van der Waals surface area contributed by atoms with E-state index in [9.17, 15) is 19.2 Å². The summed E-state index contributed by atoms with van der Waals surface area (Å²) in [5.41, 5.74) is 4.59. The van der Waals surface area contributed by atoms with Crippen LogP contribution in [0, 0.1) is 0 Å². The predicted octanol–water partition coefficient (Wildman–Crippen LogP) is 2.10. The number of H-pyrrole nitrogens is 1. The molecule has 0 aliphatic heterocycles. The zero-order valence-electron chi connectivity index (χ0n) is 16.7. The summed E-state index contributed by atoms with van der Waals surface area (Å²) in [6.45, 7) is 2.25. The van der Waals surface area contributed by atoms with Crippen LogP contribution >= 0.6 is 11.6 Å². The van der Waals surface area contributed by atoms with Crippen LogP contribution in [0.15, 0.2) is 39.9 Å². The van der Waals surface area contributed by atoms with Crippen molar-refractivity contribution in [1.29, 1.82) is 0 Å². The Hall–Kier alpha value is -3.46. The number of halogens is 1. The van der Waals surface area contributed by atoms with Crippen molar-refractivity contribution in [3.05, 3.63) is 73.0 Å². The van der Waals surface area contributed by atoms with Gasteiger partial charge in [-0.05, 0) is 49.6 Å². The van der Waals surface area contributed by atoms with Gasteiger partial charge in [-0.3, -0.25) is 34.8 Å². The van der Waals surface area contributed by atoms with Gasteiger partial charge in [0.05, 0.1) is 10.9 Å². The summed E-state index contributed by atoms with van der Waals surface area (Å²) in [5.74, 6) is -1.03. The Morgan fingerprint density at radius 3 is 2.48 bits per heavy atom.